The summed E-state index contributed by atoms with van der Waals surface area (Å²) in [6.07, 6.45) is 4.15. The first kappa shape index (κ1) is 9.93. The Balaban J connectivity index is 2.17. The number of hydrogen-bond acceptors (Lipinski definition) is 2. The van der Waals surface area contributed by atoms with Crippen LogP contribution in [0.5, 0.6) is 0 Å². The summed E-state index contributed by atoms with van der Waals surface area (Å²) in [4.78, 5) is 0. The summed E-state index contributed by atoms with van der Waals surface area (Å²) in [7, 11) is 0. The molecule has 0 atom stereocenters. The van der Waals surface area contributed by atoms with E-state index in [1.54, 1.807) is 0 Å². The van der Waals surface area contributed by atoms with Crippen LogP contribution in [-0.4, -0.2) is 19.3 Å². The Bertz CT molecular complexity index is 122. The van der Waals surface area contributed by atoms with Crippen molar-refractivity contribution in [3.05, 3.63) is 0 Å². The van der Waals surface area contributed by atoms with Gasteiger partial charge in [-0.1, -0.05) is 19.8 Å². The number of alkyl halides is 1. The monoisotopic (exact) mass is 176 g/mol. The molecule has 0 spiro atoms. The van der Waals surface area contributed by atoms with Crippen LogP contribution in [0.1, 0.15) is 39.0 Å². The molecule has 0 N–H and O–H groups in total. The highest BCUT2D eigenvalue weighted by Gasteiger charge is 2.33. The first-order valence-corrected chi connectivity index (χ1v) is 4.74. The van der Waals surface area contributed by atoms with E-state index in [9.17, 15) is 4.39 Å². The van der Waals surface area contributed by atoms with Gasteiger partial charge in [0.2, 0.25) is 0 Å². The van der Waals surface area contributed by atoms with Crippen LogP contribution in [0.3, 0.4) is 0 Å². The van der Waals surface area contributed by atoms with E-state index in [-0.39, 0.29) is 0 Å². The van der Waals surface area contributed by atoms with Crippen molar-refractivity contribution in [1.29, 1.82) is 0 Å². The molecule has 0 aliphatic carbocycles. The predicted octanol–water partition coefficient (Wildman–Crippen LogP) is 2.63. The van der Waals surface area contributed by atoms with E-state index in [1.165, 1.54) is 0 Å². The van der Waals surface area contributed by atoms with Crippen molar-refractivity contribution in [3.63, 3.8) is 0 Å². The molecule has 1 aliphatic heterocycles. The molecule has 0 unspecified atom stereocenters. The van der Waals surface area contributed by atoms with Crippen LogP contribution in [0.4, 0.5) is 4.39 Å². The summed E-state index contributed by atoms with van der Waals surface area (Å²) < 4.78 is 23.3. The van der Waals surface area contributed by atoms with Crippen molar-refractivity contribution in [3.8, 4) is 0 Å². The van der Waals surface area contributed by atoms with Crippen LogP contribution in [0.2, 0.25) is 0 Å². The topological polar surface area (TPSA) is 18.5 Å². The van der Waals surface area contributed by atoms with Crippen molar-refractivity contribution in [1.82, 2.24) is 0 Å². The molecule has 1 saturated heterocycles. The summed E-state index contributed by atoms with van der Waals surface area (Å²) in [5, 5.41) is 0. The molecule has 12 heavy (non-hydrogen) atoms. The molecule has 0 bridgehead atoms. The lowest BCUT2D eigenvalue weighted by atomic mass is 10.2. The largest absolute Gasteiger partial charge is 0.324 e. The lowest BCUT2D eigenvalue weighted by Gasteiger charge is -2.29. The molecule has 0 amide bonds. The molecule has 72 valence electrons. The Kier molecular flexibility index (Phi) is 3.95. The Hall–Kier alpha value is -0.150. The highest BCUT2D eigenvalue weighted by molar-refractivity contribution is 4.60. The number of unbranched alkanes of at least 4 members (excludes halogenated alkanes) is 2. The van der Waals surface area contributed by atoms with E-state index in [1.807, 2.05) is 0 Å². The van der Waals surface area contributed by atoms with Crippen molar-refractivity contribution in [2.24, 2.45) is 0 Å². The Morgan fingerprint density at radius 1 is 1.25 bits per heavy atom. The number of halogens is 1. The third-order valence-corrected chi connectivity index (χ3v) is 2.00. The Morgan fingerprint density at radius 3 is 2.50 bits per heavy atom. The molecular formula is C9H17FO2. The molecule has 3 heteroatoms. The fraction of sp³-hybridized carbons (Fsp3) is 1.00. The second-order valence-electron chi connectivity index (χ2n) is 3.17. The average molecular weight is 176 g/mol. The minimum Gasteiger partial charge on any atom is -0.324 e. The standard InChI is InChI=1S/C9H17FO2/c1-2-3-4-6-9(10)11-7-5-8-12-9/h2-8H2,1H3. The molecule has 1 aliphatic rings. The molecule has 0 aromatic carbocycles. The lowest BCUT2D eigenvalue weighted by Crippen LogP contribution is -2.35. The number of rotatable bonds is 4. The normalized spacial score (nSPS) is 22.5. The zero-order chi connectivity index (χ0) is 8.86. The van der Waals surface area contributed by atoms with Gasteiger partial charge < -0.3 is 9.47 Å². The molecule has 1 rings (SSSR count). The van der Waals surface area contributed by atoms with E-state index < -0.39 is 6.04 Å². The summed E-state index contributed by atoms with van der Waals surface area (Å²) >= 11 is 0. The van der Waals surface area contributed by atoms with Crippen molar-refractivity contribution >= 4 is 0 Å². The van der Waals surface area contributed by atoms with Gasteiger partial charge in [-0.15, -0.1) is 0 Å². The maximum atomic E-state index is 13.5. The van der Waals surface area contributed by atoms with Gasteiger partial charge in [-0.25, -0.2) is 0 Å². The number of ether oxygens (including phenoxy) is 2. The van der Waals surface area contributed by atoms with Crippen LogP contribution in [0.15, 0.2) is 0 Å². The molecule has 0 saturated carbocycles. The van der Waals surface area contributed by atoms with Gasteiger partial charge in [0.25, 0.3) is 0 Å². The van der Waals surface area contributed by atoms with Crippen LogP contribution >= 0.6 is 0 Å². The van der Waals surface area contributed by atoms with Crippen LogP contribution < -0.4 is 0 Å². The molecule has 1 fully saturated rings. The highest BCUT2D eigenvalue weighted by atomic mass is 19.2. The molecule has 1 heterocycles. The predicted molar refractivity (Wildman–Crippen MR) is 44.5 cm³/mol. The van der Waals surface area contributed by atoms with Crippen molar-refractivity contribution < 1.29 is 13.9 Å². The summed E-state index contributed by atoms with van der Waals surface area (Å²) in [5.74, 6) is 0. The fourth-order valence-corrected chi connectivity index (χ4v) is 1.28. The van der Waals surface area contributed by atoms with Gasteiger partial charge in [0.15, 0.2) is 0 Å². The first-order chi connectivity index (χ1) is 5.77. The maximum Gasteiger partial charge on any atom is 0.320 e. The van der Waals surface area contributed by atoms with E-state index in [0.29, 0.717) is 19.6 Å². The van der Waals surface area contributed by atoms with E-state index in [2.05, 4.69) is 6.92 Å². The lowest BCUT2D eigenvalue weighted by molar-refractivity contribution is -0.343. The van der Waals surface area contributed by atoms with Crippen LogP contribution in [-0.2, 0) is 9.47 Å². The van der Waals surface area contributed by atoms with E-state index in [0.717, 1.165) is 25.7 Å². The maximum absolute atomic E-state index is 13.5. The SMILES string of the molecule is CCCCCC1(F)OCCCO1. The summed E-state index contributed by atoms with van der Waals surface area (Å²) in [6, 6.07) is -1.77. The van der Waals surface area contributed by atoms with Gasteiger partial charge in [0.1, 0.15) is 0 Å². The Morgan fingerprint density at radius 2 is 1.92 bits per heavy atom. The molecular weight excluding hydrogens is 159 g/mol. The van der Waals surface area contributed by atoms with Crippen LogP contribution in [0, 0.1) is 0 Å². The average Bonchev–Trinajstić information content (AvgIpc) is 2.06. The molecule has 2 nitrogen and oxygen atoms in total. The van der Waals surface area contributed by atoms with Crippen molar-refractivity contribution in [2.75, 3.05) is 13.2 Å². The Labute approximate surface area is 73.0 Å². The van der Waals surface area contributed by atoms with Crippen molar-refractivity contribution in [2.45, 2.75) is 45.1 Å². The van der Waals surface area contributed by atoms with Gasteiger partial charge in [-0.05, 0) is 12.8 Å². The first-order valence-electron chi connectivity index (χ1n) is 4.74. The third-order valence-electron chi connectivity index (χ3n) is 2.00. The summed E-state index contributed by atoms with van der Waals surface area (Å²) in [6.45, 7) is 3.07. The van der Waals surface area contributed by atoms with Crippen LogP contribution in [0.25, 0.3) is 0 Å². The fourth-order valence-electron chi connectivity index (χ4n) is 1.28. The quantitative estimate of drug-likeness (QED) is 0.613. The molecule has 0 aromatic rings. The molecule has 0 radical (unpaired) electrons. The third kappa shape index (κ3) is 3.07. The highest BCUT2D eigenvalue weighted by Crippen LogP contribution is 2.26. The number of hydrogen-bond donors (Lipinski definition) is 0. The minimum atomic E-state index is -1.77. The van der Waals surface area contributed by atoms with Gasteiger partial charge in [-0.2, -0.15) is 4.39 Å². The zero-order valence-corrected chi connectivity index (χ0v) is 7.64. The van der Waals surface area contributed by atoms with Gasteiger partial charge in [0, 0.05) is 6.42 Å². The smallest absolute Gasteiger partial charge is 0.320 e. The van der Waals surface area contributed by atoms with Gasteiger partial charge in [-0.3, -0.25) is 0 Å². The second kappa shape index (κ2) is 4.77. The molecule has 0 aromatic heterocycles. The second-order valence-corrected chi connectivity index (χ2v) is 3.17. The zero-order valence-electron chi connectivity index (χ0n) is 7.64. The summed E-state index contributed by atoms with van der Waals surface area (Å²) in [5.41, 5.74) is 0. The van der Waals surface area contributed by atoms with Gasteiger partial charge >= 0.3 is 6.04 Å². The van der Waals surface area contributed by atoms with E-state index >= 15 is 0 Å². The van der Waals surface area contributed by atoms with Gasteiger partial charge in [0.05, 0.1) is 13.2 Å². The minimum absolute atomic E-state index is 0.376. The van der Waals surface area contributed by atoms with E-state index in [4.69, 9.17) is 9.47 Å².